The number of hydrogen-bond donors (Lipinski definition) is 1. The van der Waals surface area contributed by atoms with Gasteiger partial charge in [0, 0.05) is 28.3 Å². The maximum Gasteiger partial charge on any atom is 0.263 e. The molecule has 1 aromatic heterocycles. The number of para-hydroxylation sites is 1. The number of ketones is 1. The molecule has 7 heteroatoms. The molecule has 5 aromatic rings. The molecule has 0 saturated carbocycles. The summed E-state index contributed by atoms with van der Waals surface area (Å²) in [4.78, 5) is 30.3. The first-order valence-corrected chi connectivity index (χ1v) is 13.3. The smallest absolute Gasteiger partial charge is 0.263 e. The minimum absolute atomic E-state index is 0.112. The molecule has 0 saturated heterocycles. The van der Waals surface area contributed by atoms with E-state index in [1.165, 1.54) is 0 Å². The molecular formula is C31H25ClN2O3S. The third kappa shape index (κ3) is 5.77. The molecule has 0 aliphatic heterocycles. The Kier molecular flexibility index (Phi) is 7.27. The average Bonchev–Trinajstić information content (AvgIpc) is 3.37. The van der Waals surface area contributed by atoms with Gasteiger partial charge in [-0.05, 0) is 80.1 Å². The van der Waals surface area contributed by atoms with Crippen molar-refractivity contribution in [1.29, 1.82) is 0 Å². The van der Waals surface area contributed by atoms with Crippen LogP contribution in [0.15, 0.2) is 97.1 Å². The molecule has 0 bridgehead atoms. The Morgan fingerprint density at radius 3 is 2.16 bits per heavy atom. The zero-order chi connectivity index (χ0) is 26.7. The Morgan fingerprint density at radius 1 is 0.868 bits per heavy atom. The molecule has 0 unspecified atom stereocenters. The SMILES string of the molecule is CC(C)(Oc1ccc(C(=O)c2ccc(Cl)cc2)cc1)C(=O)NCc1ccc(-c2nc3ccccc3s2)cc1. The molecular weight excluding hydrogens is 516 g/mol. The van der Waals surface area contributed by atoms with Crippen molar-refractivity contribution in [1.82, 2.24) is 10.3 Å². The third-order valence-electron chi connectivity index (χ3n) is 6.09. The number of carbonyl (C=O) groups is 2. The van der Waals surface area contributed by atoms with Gasteiger partial charge >= 0.3 is 0 Å². The van der Waals surface area contributed by atoms with Gasteiger partial charge in [0.05, 0.1) is 10.2 Å². The highest BCUT2D eigenvalue weighted by Gasteiger charge is 2.29. The van der Waals surface area contributed by atoms with E-state index in [1.54, 1.807) is 73.7 Å². The molecule has 5 nitrogen and oxygen atoms in total. The van der Waals surface area contributed by atoms with Gasteiger partial charge in [-0.1, -0.05) is 48.0 Å². The standard InChI is InChI=1S/C31H25ClN2O3S/c1-31(2,37-25-17-13-22(14-18-25)28(35)21-11-15-24(32)16-12-21)30(36)33-19-20-7-9-23(10-8-20)29-34-26-5-3-4-6-27(26)38-29/h3-18H,19H2,1-2H3,(H,33,36). The Balaban J connectivity index is 1.17. The predicted molar refractivity (Wildman–Crippen MR) is 153 cm³/mol. The maximum absolute atomic E-state index is 12.9. The van der Waals surface area contributed by atoms with Crippen LogP contribution in [0, 0.1) is 0 Å². The van der Waals surface area contributed by atoms with Crippen LogP contribution in [0.4, 0.5) is 0 Å². The summed E-state index contributed by atoms with van der Waals surface area (Å²) in [6.45, 7) is 3.80. The second-order valence-corrected chi connectivity index (χ2v) is 10.8. The number of ether oxygens (including phenoxy) is 1. The van der Waals surface area contributed by atoms with Crippen LogP contribution in [0.25, 0.3) is 20.8 Å². The lowest BCUT2D eigenvalue weighted by molar-refractivity contribution is -0.134. The summed E-state index contributed by atoms with van der Waals surface area (Å²) < 4.78 is 7.12. The van der Waals surface area contributed by atoms with Crippen LogP contribution in [0.3, 0.4) is 0 Å². The third-order valence-corrected chi connectivity index (χ3v) is 7.43. The first kappa shape index (κ1) is 25.6. The largest absolute Gasteiger partial charge is 0.478 e. The zero-order valence-electron chi connectivity index (χ0n) is 20.9. The van der Waals surface area contributed by atoms with Gasteiger partial charge in [-0.3, -0.25) is 9.59 Å². The van der Waals surface area contributed by atoms with Crippen LogP contribution in [-0.4, -0.2) is 22.3 Å². The van der Waals surface area contributed by atoms with E-state index < -0.39 is 5.60 Å². The zero-order valence-corrected chi connectivity index (χ0v) is 22.5. The van der Waals surface area contributed by atoms with Gasteiger partial charge in [-0.15, -0.1) is 11.3 Å². The summed E-state index contributed by atoms with van der Waals surface area (Å²) in [5.41, 5.74) is 2.98. The summed E-state index contributed by atoms with van der Waals surface area (Å²) in [6, 6.07) is 29.6. The fourth-order valence-corrected chi connectivity index (χ4v) is 5.04. The highest BCUT2D eigenvalue weighted by molar-refractivity contribution is 7.21. The molecule has 4 aromatic carbocycles. The molecule has 0 fully saturated rings. The molecule has 5 rings (SSSR count). The van der Waals surface area contributed by atoms with E-state index in [0.717, 1.165) is 26.4 Å². The summed E-state index contributed by atoms with van der Waals surface area (Å²) in [5.74, 6) is 0.145. The molecule has 0 spiro atoms. The first-order chi connectivity index (χ1) is 18.3. The molecule has 0 aliphatic carbocycles. The highest BCUT2D eigenvalue weighted by atomic mass is 35.5. The van der Waals surface area contributed by atoms with Crippen LogP contribution in [0.1, 0.15) is 35.3 Å². The van der Waals surface area contributed by atoms with Crippen molar-refractivity contribution >= 4 is 44.8 Å². The number of fused-ring (bicyclic) bond motifs is 1. The fraction of sp³-hybridized carbons (Fsp3) is 0.129. The predicted octanol–water partition coefficient (Wildman–Crippen LogP) is 7.32. The van der Waals surface area contributed by atoms with Gasteiger partial charge in [0.2, 0.25) is 0 Å². The topological polar surface area (TPSA) is 68.3 Å². The summed E-state index contributed by atoms with van der Waals surface area (Å²) in [7, 11) is 0. The van der Waals surface area contributed by atoms with E-state index in [0.29, 0.717) is 28.4 Å². The normalized spacial score (nSPS) is 11.3. The first-order valence-electron chi connectivity index (χ1n) is 12.1. The van der Waals surface area contributed by atoms with E-state index in [2.05, 4.69) is 11.4 Å². The van der Waals surface area contributed by atoms with Crippen molar-refractivity contribution in [2.24, 2.45) is 0 Å². The van der Waals surface area contributed by atoms with Crippen LogP contribution in [0.2, 0.25) is 5.02 Å². The Labute approximate surface area is 230 Å². The van der Waals surface area contributed by atoms with Crippen molar-refractivity contribution in [2.45, 2.75) is 26.0 Å². The second kappa shape index (κ2) is 10.8. The lowest BCUT2D eigenvalue weighted by atomic mass is 10.0. The molecule has 0 radical (unpaired) electrons. The number of aromatic nitrogens is 1. The summed E-state index contributed by atoms with van der Waals surface area (Å²) in [6.07, 6.45) is 0. The Hall–Kier alpha value is -4.00. The average molecular weight is 541 g/mol. The number of amides is 1. The van der Waals surface area contributed by atoms with Gasteiger partial charge in [0.15, 0.2) is 11.4 Å². The van der Waals surface area contributed by atoms with Gasteiger partial charge in [0.1, 0.15) is 10.8 Å². The van der Waals surface area contributed by atoms with E-state index in [4.69, 9.17) is 21.3 Å². The summed E-state index contributed by atoms with van der Waals surface area (Å²) >= 11 is 7.57. The van der Waals surface area contributed by atoms with E-state index in [1.807, 2.05) is 42.5 Å². The molecule has 1 heterocycles. The number of benzene rings is 4. The van der Waals surface area contributed by atoms with Crippen LogP contribution in [0.5, 0.6) is 5.75 Å². The lowest BCUT2D eigenvalue weighted by Gasteiger charge is -2.25. The Morgan fingerprint density at radius 2 is 1.50 bits per heavy atom. The number of nitrogens with one attached hydrogen (secondary N) is 1. The van der Waals surface area contributed by atoms with Gasteiger partial charge in [-0.25, -0.2) is 4.98 Å². The van der Waals surface area contributed by atoms with Crippen molar-refractivity contribution in [2.75, 3.05) is 0 Å². The number of thiazole rings is 1. The van der Waals surface area contributed by atoms with E-state index in [9.17, 15) is 9.59 Å². The molecule has 190 valence electrons. The molecule has 1 amide bonds. The monoisotopic (exact) mass is 540 g/mol. The van der Waals surface area contributed by atoms with Crippen LogP contribution >= 0.6 is 22.9 Å². The number of carbonyl (C=O) groups excluding carboxylic acids is 2. The van der Waals surface area contributed by atoms with Crippen molar-refractivity contribution in [3.05, 3.63) is 119 Å². The fourth-order valence-electron chi connectivity index (χ4n) is 3.94. The molecule has 0 atom stereocenters. The van der Waals surface area contributed by atoms with Gasteiger partial charge in [0.25, 0.3) is 5.91 Å². The Bertz CT molecular complexity index is 1560. The second-order valence-electron chi connectivity index (χ2n) is 9.34. The van der Waals surface area contributed by atoms with Crippen LogP contribution in [-0.2, 0) is 11.3 Å². The maximum atomic E-state index is 12.9. The molecule has 1 N–H and O–H groups in total. The minimum Gasteiger partial charge on any atom is -0.478 e. The van der Waals surface area contributed by atoms with Crippen molar-refractivity contribution < 1.29 is 14.3 Å². The van der Waals surface area contributed by atoms with Crippen molar-refractivity contribution in [3.8, 4) is 16.3 Å². The van der Waals surface area contributed by atoms with E-state index in [-0.39, 0.29) is 11.7 Å². The highest BCUT2D eigenvalue weighted by Crippen LogP contribution is 2.30. The van der Waals surface area contributed by atoms with Gasteiger partial charge < -0.3 is 10.1 Å². The number of hydrogen-bond acceptors (Lipinski definition) is 5. The minimum atomic E-state index is -1.11. The van der Waals surface area contributed by atoms with Crippen molar-refractivity contribution in [3.63, 3.8) is 0 Å². The van der Waals surface area contributed by atoms with Gasteiger partial charge in [-0.2, -0.15) is 0 Å². The molecule has 38 heavy (non-hydrogen) atoms. The quantitative estimate of drug-likeness (QED) is 0.209. The number of rotatable bonds is 8. The van der Waals surface area contributed by atoms with E-state index >= 15 is 0 Å². The number of halogens is 1. The summed E-state index contributed by atoms with van der Waals surface area (Å²) in [5, 5.41) is 4.50. The van der Waals surface area contributed by atoms with Crippen LogP contribution < -0.4 is 10.1 Å². The number of nitrogens with zero attached hydrogens (tertiary/aromatic N) is 1. The lowest BCUT2D eigenvalue weighted by Crippen LogP contribution is -2.46. The molecule has 0 aliphatic rings.